The number of carboxylic acid groups (broad SMARTS) is 1. The second-order valence-corrected chi connectivity index (χ2v) is 4.91. The highest BCUT2D eigenvalue weighted by Gasteiger charge is 2.12. The Hall–Kier alpha value is -2.04. The Labute approximate surface area is 127 Å². The van der Waals surface area contributed by atoms with Crippen LogP contribution < -0.4 is 5.73 Å². The number of carbonyl (C=O) groups excluding carboxylic acids is 1. The van der Waals surface area contributed by atoms with E-state index in [0.29, 0.717) is 6.42 Å². The summed E-state index contributed by atoms with van der Waals surface area (Å²) in [4.78, 5) is 20.2. The molecule has 0 aliphatic carbocycles. The minimum Gasteiger partial charge on any atom is -0.481 e. The fourth-order valence-electron chi connectivity index (χ4n) is 1.20. The first-order chi connectivity index (χ1) is 9.70. The molecule has 120 valence electrons. The third-order valence-electron chi connectivity index (χ3n) is 1.88. The van der Waals surface area contributed by atoms with E-state index in [-0.39, 0.29) is 6.42 Å². The molecule has 0 unspecified atom stereocenters. The number of carbonyl (C=O) groups is 2. The van der Waals surface area contributed by atoms with Gasteiger partial charge in [-0.05, 0) is 32.8 Å². The molecule has 1 amide bonds. The Balaban J connectivity index is 0. The number of primary amides is 1. The molecule has 0 bridgehead atoms. The van der Waals surface area contributed by atoms with Gasteiger partial charge in [-0.25, -0.2) is 4.79 Å². The smallest absolute Gasteiger partial charge is 0.405 e. The molecule has 0 aromatic heterocycles. The van der Waals surface area contributed by atoms with Gasteiger partial charge in [-0.1, -0.05) is 44.2 Å². The lowest BCUT2D eigenvalue weighted by molar-refractivity contribution is -0.136. The maximum atomic E-state index is 10.2. The van der Waals surface area contributed by atoms with Crippen LogP contribution in [0.3, 0.4) is 0 Å². The van der Waals surface area contributed by atoms with Gasteiger partial charge < -0.3 is 15.6 Å². The molecule has 0 spiro atoms. The molecule has 1 rings (SSSR count). The van der Waals surface area contributed by atoms with E-state index >= 15 is 0 Å². The molecule has 0 fully saturated rings. The van der Waals surface area contributed by atoms with Crippen LogP contribution in [0.1, 0.15) is 46.6 Å². The van der Waals surface area contributed by atoms with Gasteiger partial charge in [-0.15, -0.1) is 0 Å². The monoisotopic (exact) mass is 297 g/mol. The van der Waals surface area contributed by atoms with Crippen LogP contribution >= 0.6 is 0 Å². The van der Waals surface area contributed by atoms with Crippen LogP contribution in [0, 0.1) is 0 Å². The third kappa shape index (κ3) is 18.0. The Bertz CT molecular complexity index is 396. The topological polar surface area (TPSA) is 89.6 Å². The minimum atomic E-state index is -0.742. The lowest BCUT2D eigenvalue weighted by Gasteiger charge is -2.16. The van der Waals surface area contributed by atoms with E-state index in [9.17, 15) is 9.59 Å². The molecule has 5 nitrogen and oxygen atoms in total. The number of aliphatic carboxylic acids is 1. The van der Waals surface area contributed by atoms with Gasteiger partial charge in [0.15, 0.2) is 0 Å². The largest absolute Gasteiger partial charge is 0.481 e. The van der Waals surface area contributed by atoms with E-state index in [1.165, 1.54) is 0 Å². The molecule has 0 atom stereocenters. The summed E-state index contributed by atoms with van der Waals surface area (Å²) in [6.45, 7) is 9.28. The highest BCUT2D eigenvalue weighted by molar-refractivity contribution is 5.67. The lowest BCUT2D eigenvalue weighted by Crippen LogP contribution is -2.27. The predicted molar refractivity (Wildman–Crippen MR) is 84.2 cm³/mol. The molecular formula is C16H27NO4. The van der Waals surface area contributed by atoms with Crippen molar-refractivity contribution in [1.82, 2.24) is 0 Å². The van der Waals surface area contributed by atoms with E-state index < -0.39 is 17.7 Å². The zero-order chi connectivity index (χ0) is 16.9. The van der Waals surface area contributed by atoms with Crippen molar-refractivity contribution in [2.24, 2.45) is 5.73 Å². The first-order valence-corrected chi connectivity index (χ1v) is 6.95. The third-order valence-corrected chi connectivity index (χ3v) is 1.88. The van der Waals surface area contributed by atoms with E-state index in [1.54, 1.807) is 20.8 Å². The van der Waals surface area contributed by atoms with E-state index in [2.05, 4.69) is 4.74 Å². The zero-order valence-electron chi connectivity index (χ0n) is 13.6. The van der Waals surface area contributed by atoms with E-state index in [0.717, 1.165) is 5.56 Å². The van der Waals surface area contributed by atoms with Gasteiger partial charge in [0.25, 0.3) is 0 Å². The molecule has 5 heteroatoms. The normalized spacial score (nSPS) is 9.38. The number of nitrogens with two attached hydrogens (primary N) is 1. The van der Waals surface area contributed by atoms with Crippen molar-refractivity contribution in [3.05, 3.63) is 35.9 Å². The Morgan fingerprint density at radius 1 is 1.14 bits per heavy atom. The standard InChI is InChI=1S/C9H10O2.C5H11NO2.C2H6/c10-9(11)7-6-8-4-2-1-3-5-8;1-5(2,3)8-4(6)7;1-2/h1-5H,6-7H2,(H,10,11);1-3H3,(H2,6,7);1-2H3. The number of benzene rings is 1. The van der Waals surface area contributed by atoms with Crippen molar-refractivity contribution >= 4 is 12.1 Å². The van der Waals surface area contributed by atoms with Gasteiger partial charge in [0.1, 0.15) is 5.60 Å². The summed E-state index contributed by atoms with van der Waals surface area (Å²) in [7, 11) is 0. The molecule has 0 saturated heterocycles. The maximum absolute atomic E-state index is 10.2. The van der Waals surface area contributed by atoms with Crippen molar-refractivity contribution in [2.75, 3.05) is 0 Å². The average molecular weight is 297 g/mol. The molecule has 1 aromatic rings. The number of rotatable bonds is 3. The summed E-state index contributed by atoms with van der Waals surface area (Å²) in [5, 5.41) is 8.37. The fraction of sp³-hybridized carbons (Fsp3) is 0.500. The maximum Gasteiger partial charge on any atom is 0.405 e. The molecule has 0 aliphatic heterocycles. The molecular weight excluding hydrogens is 270 g/mol. The molecule has 1 aromatic carbocycles. The lowest BCUT2D eigenvalue weighted by atomic mass is 10.1. The molecule has 0 saturated carbocycles. The molecule has 0 aliphatic rings. The van der Waals surface area contributed by atoms with Gasteiger partial charge in [0, 0.05) is 6.42 Å². The van der Waals surface area contributed by atoms with Crippen LogP contribution in [0.2, 0.25) is 0 Å². The van der Waals surface area contributed by atoms with Crippen molar-refractivity contribution in [3.63, 3.8) is 0 Å². The zero-order valence-corrected chi connectivity index (χ0v) is 13.6. The fourth-order valence-corrected chi connectivity index (χ4v) is 1.20. The van der Waals surface area contributed by atoms with Crippen LogP contribution in [0.15, 0.2) is 30.3 Å². The van der Waals surface area contributed by atoms with Crippen LogP contribution in [-0.2, 0) is 16.0 Å². The van der Waals surface area contributed by atoms with Gasteiger partial charge in [0.2, 0.25) is 0 Å². The van der Waals surface area contributed by atoms with E-state index in [1.807, 2.05) is 44.2 Å². The van der Waals surface area contributed by atoms with Gasteiger partial charge >= 0.3 is 12.1 Å². The predicted octanol–water partition coefficient (Wildman–Crippen LogP) is 3.61. The first kappa shape index (κ1) is 21.3. The highest BCUT2D eigenvalue weighted by Crippen LogP contribution is 2.04. The van der Waals surface area contributed by atoms with Crippen molar-refractivity contribution in [1.29, 1.82) is 0 Å². The Morgan fingerprint density at radius 2 is 1.62 bits per heavy atom. The molecule has 0 radical (unpaired) electrons. The second kappa shape index (κ2) is 11.8. The van der Waals surface area contributed by atoms with Crippen molar-refractivity contribution in [2.45, 2.75) is 53.1 Å². The van der Waals surface area contributed by atoms with Crippen LogP contribution in [0.4, 0.5) is 4.79 Å². The highest BCUT2D eigenvalue weighted by atomic mass is 16.6. The van der Waals surface area contributed by atoms with Crippen molar-refractivity contribution < 1.29 is 19.4 Å². The van der Waals surface area contributed by atoms with Crippen LogP contribution in [0.25, 0.3) is 0 Å². The summed E-state index contributed by atoms with van der Waals surface area (Å²) >= 11 is 0. The number of aryl methyl sites for hydroxylation is 1. The summed E-state index contributed by atoms with van der Waals surface area (Å²) in [5.41, 5.74) is 5.34. The van der Waals surface area contributed by atoms with Gasteiger partial charge in [0.05, 0.1) is 0 Å². The average Bonchev–Trinajstić information content (AvgIpc) is 2.38. The quantitative estimate of drug-likeness (QED) is 0.891. The number of amides is 1. The summed E-state index contributed by atoms with van der Waals surface area (Å²) < 4.78 is 4.58. The first-order valence-electron chi connectivity index (χ1n) is 6.95. The molecule has 3 N–H and O–H groups in total. The number of hydrogen-bond donors (Lipinski definition) is 2. The Kier molecular flexibility index (Phi) is 11.9. The van der Waals surface area contributed by atoms with E-state index in [4.69, 9.17) is 10.8 Å². The van der Waals surface area contributed by atoms with Gasteiger partial charge in [-0.3, -0.25) is 4.79 Å². The number of carboxylic acids is 1. The summed E-state index contributed by atoms with van der Waals surface area (Å²) in [6.07, 6.45) is 0.109. The Morgan fingerprint density at radius 3 is 1.90 bits per heavy atom. The number of hydrogen-bond acceptors (Lipinski definition) is 3. The van der Waals surface area contributed by atoms with Gasteiger partial charge in [-0.2, -0.15) is 0 Å². The number of ether oxygens (including phenoxy) is 1. The SMILES string of the molecule is CC.CC(C)(C)OC(N)=O.O=C(O)CCc1ccccc1. The summed E-state index contributed by atoms with van der Waals surface area (Å²) in [5.74, 6) is -0.742. The molecule has 0 heterocycles. The summed E-state index contributed by atoms with van der Waals surface area (Å²) in [6, 6.07) is 9.62. The second-order valence-electron chi connectivity index (χ2n) is 4.91. The van der Waals surface area contributed by atoms with Crippen molar-refractivity contribution in [3.8, 4) is 0 Å². The van der Waals surface area contributed by atoms with Crippen LogP contribution in [-0.4, -0.2) is 22.8 Å². The molecule has 21 heavy (non-hydrogen) atoms. The minimum absolute atomic E-state index is 0.212. The van der Waals surface area contributed by atoms with Crippen LogP contribution in [0.5, 0.6) is 0 Å².